The molecule has 0 aromatic carbocycles. The van der Waals surface area contributed by atoms with E-state index in [2.05, 4.69) is 15.3 Å². The fourth-order valence-corrected chi connectivity index (χ4v) is 2.52. The number of aromatic nitrogens is 2. The van der Waals surface area contributed by atoms with Crippen LogP contribution < -0.4 is 5.32 Å². The highest BCUT2D eigenvalue weighted by atomic mass is 14.9. The van der Waals surface area contributed by atoms with Gasteiger partial charge in [0.1, 0.15) is 0 Å². The first-order chi connectivity index (χ1) is 7.43. The Bertz CT molecular complexity index is 287. The van der Waals surface area contributed by atoms with Gasteiger partial charge in [-0.25, -0.2) is 4.98 Å². The number of H-pyrrole nitrogens is 1. The molecule has 0 bridgehead atoms. The summed E-state index contributed by atoms with van der Waals surface area (Å²) in [5, 5.41) is 3.56. The summed E-state index contributed by atoms with van der Waals surface area (Å²) in [6.45, 7) is 2.14. The van der Waals surface area contributed by atoms with Crippen LogP contribution in [0.3, 0.4) is 0 Å². The van der Waals surface area contributed by atoms with Gasteiger partial charge in [-0.2, -0.15) is 0 Å². The molecule has 0 amide bonds. The van der Waals surface area contributed by atoms with Crippen molar-refractivity contribution < 1.29 is 0 Å². The van der Waals surface area contributed by atoms with Crippen molar-refractivity contribution in [2.45, 2.75) is 32.2 Å². The average molecular weight is 205 g/mol. The smallest absolute Gasteiger partial charge is 0.0922 e. The lowest BCUT2D eigenvalue weighted by atomic mass is 9.98. The molecule has 1 aromatic rings. The first-order valence-corrected chi connectivity index (χ1v) is 6.11. The molecule has 2 aliphatic rings. The maximum Gasteiger partial charge on any atom is 0.0922 e. The molecule has 1 heterocycles. The molecule has 2 saturated carbocycles. The summed E-state index contributed by atoms with van der Waals surface area (Å²) in [5.41, 5.74) is 1.19. The zero-order valence-electron chi connectivity index (χ0n) is 9.08. The van der Waals surface area contributed by atoms with E-state index in [1.807, 2.05) is 6.20 Å². The van der Waals surface area contributed by atoms with E-state index in [-0.39, 0.29) is 0 Å². The van der Waals surface area contributed by atoms with Crippen LogP contribution in [0.25, 0.3) is 0 Å². The van der Waals surface area contributed by atoms with Gasteiger partial charge < -0.3 is 10.3 Å². The Morgan fingerprint density at radius 1 is 1.33 bits per heavy atom. The Hall–Kier alpha value is -0.830. The number of aromatic amines is 1. The molecule has 0 spiro atoms. The number of imidazole rings is 1. The molecule has 3 nitrogen and oxygen atoms in total. The van der Waals surface area contributed by atoms with Gasteiger partial charge >= 0.3 is 0 Å². The third kappa shape index (κ3) is 2.40. The highest BCUT2D eigenvalue weighted by Gasteiger charge is 2.40. The van der Waals surface area contributed by atoms with Crippen LogP contribution in [-0.4, -0.2) is 16.5 Å². The topological polar surface area (TPSA) is 40.7 Å². The lowest BCUT2D eigenvalue weighted by Gasteiger charge is -2.15. The molecule has 0 aliphatic heterocycles. The van der Waals surface area contributed by atoms with Gasteiger partial charge in [0, 0.05) is 18.4 Å². The molecule has 0 unspecified atom stereocenters. The SMILES string of the molecule is c1ncc(CNCC(C2CC2)C2CC2)[nH]1. The van der Waals surface area contributed by atoms with Gasteiger partial charge in [0.15, 0.2) is 0 Å². The van der Waals surface area contributed by atoms with Crippen molar-refractivity contribution in [2.24, 2.45) is 17.8 Å². The third-order valence-corrected chi connectivity index (χ3v) is 3.71. The van der Waals surface area contributed by atoms with E-state index in [1.54, 1.807) is 6.33 Å². The number of rotatable bonds is 6. The van der Waals surface area contributed by atoms with Crippen LogP contribution in [0.4, 0.5) is 0 Å². The first kappa shape index (κ1) is 9.40. The molecule has 0 radical (unpaired) electrons. The average Bonchev–Trinajstić information content (AvgIpc) is 3.15. The van der Waals surface area contributed by atoms with E-state index in [0.717, 1.165) is 24.3 Å². The molecule has 0 atom stereocenters. The molecule has 82 valence electrons. The zero-order chi connectivity index (χ0) is 10.1. The number of hydrogen-bond acceptors (Lipinski definition) is 2. The predicted octanol–water partition coefficient (Wildman–Crippen LogP) is 1.94. The van der Waals surface area contributed by atoms with Crippen LogP contribution in [0, 0.1) is 17.8 Å². The van der Waals surface area contributed by atoms with Crippen molar-refractivity contribution in [3.05, 3.63) is 18.2 Å². The van der Waals surface area contributed by atoms with Gasteiger partial charge in [0.25, 0.3) is 0 Å². The second-order valence-electron chi connectivity index (χ2n) is 5.05. The Balaban J connectivity index is 1.44. The summed E-state index contributed by atoms with van der Waals surface area (Å²) in [5.74, 6) is 3.06. The van der Waals surface area contributed by atoms with Crippen LogP contribution in [0.1, 0.15) is 31.4 Å². The van der Waals surface area contributed by atoms with E-state index in [9.17, 15) is 0 Å². The van der Waals surface area contributed by atoms with Crippen molar-refractivity contribution in [3.8, 4) is 0 Å². The molecule has 3 rings (SSSR count). The maximum absolute atomic E-state index is 4.02. The van der Waals surface area contributed by atoms with Crippen molar-refractivity contribution in [1.29, 1.82) is 0 Å². The quantitative estimate of drug-likeness (QED) is 0.745. The molecule has 3 heteroatoms. The summed E-state index contributed by atoms with van der Waals surface area (Å²) in [6.07, 6.45) is 9.56. The molecular formula is C12H19N3. The van der Waals surface area contributed by atoms with E-state index in [1.165, 1.54) is 37.9 Å². The standard InChI is InChI=1S/C12H19N3/c1-2-9(1)12(10-3-4-10)7-13-5-11-6-14-8-15-11/h6,8-10,12-13H,1-5,7H2,(H,14,15). The molecule has 2 N–H and O–H groups in total. The lowest BCUT2D eigenvalue weighted by Crippen LogP contribution is -2.25. The molecule has 2 aliphatic carbocycles. The zero-order valence-corrected chi connectivity index (χ0v) is 9.08. The fourth-order valence-electron chi connectivity index (χ4n) is 2.52. The summed E-state index contributed by atoms with van der Waals surface area (Å²) >= 11 is 0. The normalized spacial score (nSPS) is 21.1. The van der Waals surface area contributed by atoms with E-state index in [4.69, 9.17) is 0 Å². The number of hydrogen-bond donors (Lipinski definition) is 2. The summed E-state index contributed by atoms with van der Waals surface area (Å²) in [6, 6.07) is 0. The minimum atomic E-state index is 0.940. The molecule has 2 fully saturated rings. The van der Waals surface area contributed by atoms with Crippen LogP contribution >= 0.6 is 0 Å². The Morgan fingerprint density at radius 2 is 2.07 bits per heavy atom. The van der Waals surface area contributed by atoms with Crippen molar-refractivity contribution >= 4 is 0 Å². The van der Waals surface area contributed by atoms with Crippen molar-refractivity contribution in [2.75, 3.05) is 6.54 Å². The van der Waals surface area contributed by atoms with Gasteiger partial charge in [-0.3, -0.25) is 0 Å². The van der Waals surface area contributed by atoms with Crippen LogP contribution in [0.5, 0.6) is 0 Å². The van der Waals surface area contributed by atoms with Crippen molar-refractivity contribution in [3.63, 3.8) is 0 Å². The largest absolute Gasteiger partial charge is 0.347 e. The monoisotopic (exact) mass is 205 g/mol. The third-order valence-electron chi connectivity index (χ3n) is 3.71. The first-order valence-electron chi connectivity index (χ1n) is 6.11. The second kappa shape index (κ2) is 3.97. The van der Waals surface area contributed by atoms with Crippen LogP contribution in [0.2, 0.25) is 0 Å². The van der Waals surface area contributed by atoms with Crippen molar-refractivity contribution in [1.82, 2.24) is 15.3 Å². The molecule has 0 saturated heterocycles. The van der Waals surface area contributed by atoms with Gasteiger partial charge in [-0.1, -0.05) is 0 Å². The van der Waals surface area contributed by atoms with Gasteiger partial charge in [-0.15, -0.1) is 0 Å². The minimum Gasteiger partial charge on any atom is -0.347 e. The number of nitrogens with zero attached hydrogens (tertiary/aromatic N) is 1. The highest BCUT2D eigenvalue weighted by molar-refractivity contribution is 4.95. The van der Waals surface area contributed by atoms with E-state index >= 15 is 0 Å². The second-order valence-corrected chi connectivity index (χ2v) is 5.05. The Morgan fingerprint density at radius 3 is 2.60 bits per heavy atom. The Kier molecular flexibility index (Phi) is 2.49. The fraction of sp³-hybridized carbons (Fsp3) is 0.750. The highest BCUT2D eigenvalue weighted by Crippen LogP contribution is 2.48. The van der Waals surface area contributed by atoms with Gasteiger partial charge in [-0.05, 0) is 50.0 Å². The van der Waals surface area contributed by atoms with Crippen LogP contribution in [0.15, 0.2) is 12.5 Å². The minimum absolute atomic E-state index is 0.940. The lowest BCUT2D eigenvalue weighted by molar-refractivity contribution is 0.378. The Labute approximate surface area is 90.7 Å². The molecule has 1 aromatic heterocycles. The van der Waals surface area contributed by atoms with E-state index in [0.29, 0.717) is 0 Å². The summed E-state index contributed by atoms with van der Waals surface area (Å²) in [4.78, 5) is 7.15. The molecule has 15 heavy (non-hydrogen) atoms. The van der Waals surface area contributed by atoms with Gasteiger partial charge in [0.05, 0.1) is 6.33 Å². The predicted molar refractivity (Wildman–Crippen MR) is 59.2 cm³/mol. The van der Waals surface area contributed by atoms with Gasteiger partial charge in [0.2, 0.25) is 0 Å². The molecular weight excluding hydrogens is 186 g/mol. The summed E-state index contributed by atoms with van der Waals surface area (Å²) < 4.78 is 0. The number of nitrogens with one attached hydrogen (secondary N) is 2. The maximum atomic E-state index is 4.02. The summed E-state index contributed by atoms with van der Waals surface area (Å²) in [7, 11) is 0. The van der Waals surface area contributed by atoms with E-state index < -0.39 is 0 Å². The van der Waals surface area contributed by atoms with Crippen LogP contribution in [-0.2, 0) is 6.54 Å².